The molecular weight excluding hydrogens is 258 g/mol. The smallest absolute Gasteiger partial charge is 0.335 e. The number of nitrogens with zero attached hydrogens (tertiary/aromatic N) is 1. The molecule has 6 heteroatoms. The molecule has 1 aromatic carbocycles. The van der Waals surface area contributed by atoms with Crippen molar-refractivity contribution in [1.29, 1.82) is 0 Å². The number of amides is 2. The first-order valence-corrected chi connectivity index (χ1v) is 6.77. The number of hydrogen-bond acceptors (Lipinski definition) is 4. The van der Waals surface area contributed by atoms with E-state index in [2.05, 4.69) is 15.8 Å². The van der Waals surface area contributed by atoms with Crippen LogP contribution in [0.15, 0.2) is 23.3 Å². The molecule has 108 valence electrons. The summed E-state index contributed by atoms with van der Waals surface area (Å²) < 4.78 is 0. The molecule has 1 saturated carbocycles. The SMILES string of the molecule is O=C(N/N=C/c1ccc(O)cc1O)NC1CCCCC1. The normalized spacial score (nSPS) is 16.2. The van der Waals surface area contributed by atoms with E-state index in [0.717, 1.165) is 25.7 Å². The molecule has 1 aromatic rings. The first-order chi connectivity index (χ1) is 9.65. The van der Waals surface area contributed by atoms with Gasteiger partial charge in [-0.25, -0.2) is 10.2 Å². The monoisotopic (exact) mass is 277 g/mol. The molecule has 1 aliphatic rings. The molecule has 0 spiro atoms. The number of hydrogen-bond donors (Lipinski definition) is 4. The van der Waals surface area contributed by atoms with Crippen molar-refractivity contribution >= 4 is 12.2 Å². The van der Waals surface area contributed by atoms with Gasteiger partial charge < -0.3 is 15.5 Å². The zero-order valence-corrected chi connectivity index (χ0v) is 11.2. The maximum absolute atomic E-state index is 11.6. The molecule has 0 atom stereocenters. The molecule has 4 N–H and O–H groups in total. The second-order valence-corrected chi connectivity index (χ2v) is 4.92. The zero-order valence-electron chi connectivity index (χ0n) is 11.2. The summed E-state index contributed by atoms with van der Waals surface area (Å²) in [6, 6.07) is 4.04. The lowest BCUT2D eigenvalue weighted by Crippen LogP contribution is -2.41. The number of carbonyl (C=O) groups excluding carboxylic acids is 1. The van der Waals surface area contributed by atoms with E-state index < -0.39 is 0 Å². The van der Waals surface area contributed by atoms with E-state index in [-0.39, 0.29) is 23.6 Å². The van der Waals surface area contributed by atoms with Crippen LogP contribution in [0, 0.1) is 0 Å². The van der Waals surface area contributed by atoms with Gasteiger partial charge in [-0.3, -0.25) is 0 Å². The van der Waals surface area contributed by atoms with Crippen molar-refractivity contribution in [1.82, 2.24) is 10.7 Å². The maximum Gasteiger partial charge on any atom is 0.335 e. The third-order valence-electron chi connectivity index (χ3n) is 3.32. The van der Waals surface area contributed by atoms with Gasteiger partial charge in [0.15, 0.2) is 0 Å². The molecule has 1 aliphatic carbocycles. The Balaban J connectivity index is 1.81. The standard InChI is InChI=1S/C14H19N3O3/c18-12-7-6-10(13(19)8-12)9-15-17-14(20)16-11-4-2-1-3-5-11/h6-9,11,18-19H,1-5H2,(H2,16,17,20)/b15-9+. The molecule has 0 radical (unpaired) electrons. The summed E-state index contributed by atoms with van der Waals surface area (Å²) in [5.41, 5.74) is 2.78. The van der Waals surface area contributed by atoms with Gasteiger partial charge in [0.2, 0.25) is 0 Å². The number of phenols is 2. The number of rotatable bonds is 3. The van der Waals surface area contributed by atoms with Crippen LogP contribution in [0.25, 0.3) is 0 Å². The molecule has 0 heterocycles. The minimum atomic E-state index is -0.341. The average Bonchev–Trinajstić information content (AvgIpc) is 2.42. The summed E-state index contributed by atoms with van der Waals surface area (Å²) in [4.78, 5) is 11.6. The molecule has 0 saturated heterocycles. The second kappa shape index (κ2) is 6.79. The Labute approximate surface area is 117 Å². The number of aromatic hydroxyl groups is 2. The van der Waals surface area contributed by atoms with Crippen molar-refractivity contribution in [2.45, 2.75) is 38.1 Å². The second-order valence-electron chi connectivity index (χ2n) is 4.92. The number of hydrazone groups is 1. The van der Waals surface area contributed by atoms with E-state index in [1.807, 2.05) is 0 Å². The number of urea groups is 1. The van der Waals surface area contributed by atoms with Crippen molar-refractivity contribution < 1.29 is 15.0 Å². The van der Waals surface area contributed by atoms with E-state index in [0.29, 0.717) is 5.56 Å². The molecule has 2 rings (SSSR count). The fourth-order valence-corrected chi connectivity index (χ4v) is 2.27. The highest BCUT2D eigenvalue weighted by atomic mass is 16.3. The first kappa shape index (κ1) is 14.2. The fraction of sp³-hybridized carbons (Fsp3) is 0.429. The Morgan fingerprint density at radius 2 is 2.00 bits per heavy atom. The van der Waals surface area contributed by atoms with Gasteiger partial charge in [-0.15, -0.1) is 0 Å². The van der Waals surface area contributed by atoms with E-state index in [4.69, 9.17) is 5.11 Å². The first-order valence-electron chi connectivity index (χ1n) is 6.77. The van der Waals surface area contributed by atoms with Crippen molar-refractivity contribution in [3.63, 3.8) is 0 Å². The summed E-state index contributed by atoms with van der Waals surface area (Å²) in [5, 5.41) is 25.3. The van der Waals surface area contributed by atoms with Gasteiger partial charge in [-0.1, -0.05) is 19.3 Å². The van der Waals surface area contributed by atoms with E-state index >= 15 is 0 Å². The highest BCUT2D eigenvalue weighted by Crippen LogP contribution is 2.20. The molecule has 0 unspecified atom stereocenters. The van der Waals surface area contributed by atoms with E-state index in [1.54, 1.807) is 0 Å². The number of benzene rings is 1. The van der Waals surface area contributed by atoms with Gasteiger partial charge in [0.05, 0.1) is 6.21 Å². The summed E-state index contributed by atoms with van der Waals surface area (Å²) >= 11 is 0. The topological polar surface area (TPSA) is 94.0 Å². The Morgan fingerprint density at radius 3 is 2.70 bits per heavy atom. The van der Waals surface area contributed by atoms with Crippen LogP contribution in [0.3, 0.4) is 0 Å². The Bertz CT molecular complexity index is 496. The predicted octanol–water partition coefficient (Wildman–Crippen LogP) is 2.06. The van der Waals surface area contributed by atoms with Crippen LogP contribution in [0.4, 0.5) is 4.79 Å². The van der Waals surface area contributed by atoms with Crippen LogP contribution in [0.5, 0.6) is 11.5 Å². The van der Waals surface area contributed by atoms with Crippen molar-refractivity contribution in [2.24, 2.45) is 5.10 Å². The minimum absolute atomic E-state index is 0.0253. The maximum atomic E-state index is 11.6. The van der Waals surface area contributed by atoms with Crippen LogP contribution in [0.2, 0.25) is 0 Å². The minimum Gasteiger partial charge on any atom is -0.508 e. The summed E-state index contributed by atoms with van der Waals surface area (Å²) in [6.45, 7) is 0. The van der Waals surface area contributed by atoms with Crippen LogP contribution < -0.4 is 10.7 Å². The molecule has 20 heavy (non-hydrogen) atoms. The van der Waals surface area contributed by atoms with Gasteiger partial charge in [0, 0.05) is 17.7 Å². The molecule has 6 nitrogen and oxygen atoms in total. The van der Waals surface area contributed by atoms with Crippen LogP contribution >= 0.6 is 0 Å². The number of carbonyl (C=O) groups is 1. The lowest BCUT2D eigenvalue weighted by Gasteiger charge is -2.22. The molecule has 0 aliphatic heterocycles. The Morgan fingerprint density at radius 1 is 1.25 bits per heavy atom. The van der Waals surface area contributed by atoms with Crippen LogP contribution in [0.1, 0.15) is 37.7 Å². The van der Waals surface area contributed by atoms with Gasteiger partial charge in [-0.2, -0.15) is 5.10 Å². The zero-order chi connectivity index (χ0) is 14.4. The Hall–Kier alpha value is -2.24. The average molecular weight is 277 g/mol. The highest BCUT2D eigenvalue weighted by Gasteiger charge is 2.14. The fourth-order valence-electron chi connectivity index (χ4n) is 2.27. The van der Waals surface area contributed by atoms with Crippen molar-refractivity contribution in [2.75, 3.05) is 0 Å². The quantitative estimate of drug-likeness (QED) is 0.503. The number of nitrogens with one attached hydrogen (secondary N) is 2. The molecule has 2 amide bonds. The van der Waals surface area contributed by atoms with E-state index in [9.17, 15) is 9.90 Å². The summed E-state index contributed by atoms with van der Waals surface area (Å²) in [7, 11) is 0. The van der Waals surface area contributed by atoms with Gasteiger partial charge in [0.1, 0.15) is 11.5 Å². The van der Waals surface area contributed by atoms with Gasteiger partial charge in [-0.05, 0) is 25.0 Å². The van der Waals surface area contributed by atoms with Crippen molar-refractivity contribution in [3.05, 3.63) is 23.8 Å². The predicted molar refractivity (Wildman–Crippen MR) is 75.9 cm³/mol. The Kier molecular flexibility index (Phi) is 4.81. The molecule has 0 aromatic heterocycles. The molecular formula is C14H19N3O3. The van der Waals surface area contributed by atoms with Crippen LogP contribution in [-0.2, 0) is 0 Å². The summed E-state index contributed by atoms with van der Waals surface area (Å²) in [6.07, 6.45) is 6.88. The summed E-state index contributed by atoms with van der Waals surface area (Å²) in [5.74, 6) is -0.120. The molecule has 1 fully saturated rings. The molecule has 0 bridgehead atoms. The van der Waals surface area contributed by atoms with Gasteiger partial charge in [0.25, 0.3) is 0 Å². The van der Waals surface area contributed by atoms with Crippen molar-refractivity contribution in [3.8, 4) is 11.5 Å². The number of phenolic OH excluding ortho intramolecular Hbond substituents is 2. The van der Waals surface area contributed by atoms with E-state index in [1.165, 1.54) is 30.8 Å². The van der Waals surface area contributed by atoms with Gasteiger partial charge >= 0.3 is 6.03 Å². The lowest BCUT2D eigenvalue weighted by atomic mass is 9.96. The third kappa shape index (κ3) is 4.15. The van der Waals surface area contributed by atoms with Crippen LogP contribution in [-0.4, -0.2) is 28.5 Å². The lowest BCUT2D eigenvalue weighted by molar-refractivity contribution is 0.233. The highest BCUT2D eigenvalue weighted by molar-refractivity contribution is 5.85. The third-order valence-corrected chi connectivity index (χ3v) is 3.32. The largest absolute Gasteiger partial charge is 0.508 e.